The van der Waals surface area contributed by atoms with Gasteiger partial charge in [0.2, 0.25) is 0 Å². The Labute approximate surface area is 119 Å². The Morgan fingerprint density at radius 2 is 1.78 bits per heavy atom. The summed E-state index contributed by atoms with van der Waals surface area (Å²) in [5.41, 5.74) is 1.29. The van der Waals surface area contributed by atoms with Crippen molar-refractivity contribution >= 4 is 15.9 Å². The fourth-order valence-corrected chi connectivity index (χ4v) is 2.28. The van der Waals surface area contributed by atoms with Crippen LogP contribution in [0.3, 0.4) is 0 Å². The maximum absolute atomic E-state index is 9.55. The molecule has 18 heavy (non-hydrogen) atoms. The van der Waals surface area contributed by atoms with Gasteiger partial charge >= 0.3 is 0 Å². The summed E-state index contributed by atoms with van der Waals surface area (Å²) in [6, 6.07) is 8.68. The molecule has 0 amide bonds. The van der Waals surface area contributed by atoms with E-state index in [0.717, 1.165) is 23.9 Å². The topological polar surface area (TPSA) is 32.3 Å². The van der Waals surface area contributed by atoms with Crippen LogP contribution >= 0.6 is 15.9 Å². The lowest BCUT2D eigenvalue weighted by atomic mass is 9.83. The predicted octanol–water partition coefficient (Wildman–Crippen LogP) is 3.90. The van der Waals surface area contributed by atoms with Gasteiger partial charge in [-0.05, 0) is 37.5 Å². The third kappa shape index (κ3) is 4.08. The first-order valence-electron chi connectivity index (χ1n) is 6.66. The standard InChI is InChI=1S/C15H24BrNO/c1-4-15(5-2,11-18)10-17-12(3)13-6-8-14(16)9-7-13/h6-9,12,17-18H,4-5,10-11H2,1-3H3/t12-/m1/s1. The zero-order chi connectivity index (χ0) is 13.6. The average molecular weight is 314 g/mol. The van der Waals surface area contributed by atoms with E-state index in [0.29, 0.717) is 6.04 Å². The quantitative estimate of drug-likeness (QED) is 0.800. The third-order valence-corrected chi connectivity index (χ3v) is 4.52. The van der Waals surface area contributed by atoms with E-state index in [-0.39, 0.29) is 12.0 Å². The van der Waals surface area contributed by atoms with Crippen molar-refractivity contribution in [1.29, 1.82) is 0 Å². The highest BCUT2D eigenvalue weighted by Gasteiger charge is 2.25. The van der Waals surface area contributed by atoms with Crippen molar-refractivity contribution in [2.24, 2.45) is 5.41 Å². The summed E-state index contributed by atoms with van der Waals surface area (Å²) < 4.78 is 1.10. The predicted molar refractivity (Wildman–Crippen MR) is 80.7 cm³/mol. The van der Waals surface area contributed by atoms with E-state index in [4.69, 9.17) is 0 Å². The van der Waals surface area contributed by atoms with Gasteiger partial charge in [-0.1, -0.05) is 41.9 Å². The van der Waals surface area contributed by atoms with E-state index in [1.165, 1.54) is 5.56 Å². The van der Waals surface area contributed by atoms with Crippen molar-refractivity contribution in [3.63, 3.8) is 0 Å². The average Bonchev–Trinajstić information content (AvgIpc) is 2.41. The Hall–Kier alpha value is -0.380. The summed E-state index contributed by atoms with van der Waals surface area (Å²) >= 11 is 3.45. The van der Waals surface area contributed by atoms with Crippen LogP contribution in [0.4, 0.5) is 0 Å². The van der Waals surface area contributed by atoms with Gasteiger partial charge in [0.1, 0.15) is 0 Å². The summed E-state index contributed by atoms with van der Waals surface area (Å²) in [6.45, 7) is 7.56. The van der Waals surface area contributed by atoms with E-state index in [9.17, 15) is 5.11 Å². The van der Waals surface area contributed by atoms with E-state index in [1.54, 1.807) is 0 Å². The summed E-state index contributed by atoms with van der Waals surface area (Å²) in [7, 11) is 0. The fraction of sp³-hybridized carbons (Fsp3) is 0.600. The van der Waals surface area contributed by atoms with Gasteiger partial charge in [0.05, 0.1) is 0 Å². The van der Waals surface area contributed by atoms with Gasteiger partial charge in [0.15, 0.2) is 0 Å². The van der Waals surface area contributed by atoms with Crippen LogP contribution in [-0.4, -0.2) is 18.3 Å². The molecule has 1 atom stereocenters. The third-order valence-electron chi connectivity index (χ3n) is 3.99. The SMILES string of the molecule is CCC(CC)(CO)CN[C@H](C)c1ccc(Br)cc1. The lowest BCUT2D eigenvalue weighted by Gasteiger charge is -2.31. The molecule has 0 aliphatic rings. The summed E-state index contributed by atoms with van der Waals surface area (Å²) in [5, 5.41) is 13.1. The molecule has 102 valence electrons. The molecule has 0 unspecified atom stereocenters. The number of halogens is 1. The van der Waals surface area contributed by atoms with Gasteiger partial charge in [-0.25, -0.2) is 0 Å². The molecule has 0 saturated heterocycles. The van der Waals surface area contributed by atoms with E-state index in [1.807, 2.05) is 0 Å². The number of aliphatic hydroxyl groups is 1. The van der Waals surface area contributed by atoms with Crippen LogP contribution in [0.1, 0.15) is 45.2 Å². The minimum absolute atomic E-state index is 0.0175. The number of hydrogen-bond donors (Lipinski definition) is 2. The number of rotatable bonds is 7. The summed E-state index contributed by atoms with van der Waals surface area (Å²) in [5.74, 6) is 0. The summed E-state index contributed by atoms with van der Waals surface area (Å²) in [4.78, 5) is 0. The van der Waals surface area contributed by atoms with E-state index >= 15 is 0 Å². The van der Waals surface area contributed by atoms with Crippen molar-refractivity contribution in [3.05, 3.63) is 34.3 Å². The summed E-state index contributed by atoms with van der Waals surface area (Å²) in [6.07, 6.45) is 2.00. The monoisotopic (exact) mass is 313 g/mol. The minimum Gasteiger partial charge on any atom is -0.396 e. The fourth-order valence-electron chi connectivity index (χ4n) is 2.02. The molecule has 0 aliphatic heterocycles. The highest BCUT2D eigenvalue weighted by molar-refractivity contribution is 9.10. The molecule has 1 aromatic carbocycles. The second kappa shape index (κ2) is 7.27. The zero-order valence-electron chi connectivity index (χ0n) is 11.5. The Bertz CT molecular complexity index is 338. The molecule has 2 N–H and O–H groups in total. The van der Waals surface area contributed by atoms with Crippen LogP contribution in [0.25, 0.3) is 0 Å². The van der Waals surface area contributed by atoms with Crippen LogP contribution in [0, 0.1) is 5.41 Å². The molecule has 1 aromatic rings. The molecular weight excluding hydrogens is 290 g/mol. The number of hydrogen-bond acceptors (Lipinski definition) is 2. The minimum atomic E-state index is 0.0175. The number of nitrogens with one attached hydrogen (secondary N) is 1. The molecule has 1 rings (SSSR count). The first-order valence-corrected chi connectivity index (χ1v) is 7.46. The second-order valence-corrected chi connectivity index (χ2v) is 5.94. The molecular formula is C15H24BrNO. The van der Waals surface area contributed by atoms with E-state index < -0.39 is 0 Å². The van der Waals surface area contributed by atoms with Crippen molar-refractivity contribution in [3.8, 4) is 0 Å². The Balaban J connectivity index is 2.59. The Morgan fingerprint density at radius 3 is 2.22 bits per heavy atom. The Morgan fingerprint density at radius 1 is 1.22 bits per heavy atom. The zero-order valence-corrected chi connectivity index (χ0v) is 13.1. The molecule has 0 spiro atoms. The number of aliphatic hydroxyl groups excluding tert-OH is 1. The first kappa shape index (κ1) is 15.7. The largest absolute Gasteiger partial charge is 0.396 e. The van der Waals surface area contributed by atoms with Gasteiger partial charge in [0.25, 0.3) is 0 Å². The van der Waals surface area contributed by atoms with Gasteiger partial charge in [0, 0.05) is 29.1 Å². The molecule has 0 fully saturated rings. The first-order chi connectivity index (χ1) is 8.56. The second-order valence-electron chi connectivity index (χ2n) is 5.02. The maximum atomic E-state index is 9.55. The lowest BCUT2D eigenvalue weighted by Crippen LogP contribution is -2.37. The highest BCUT2D eigenvalue weighted by atomic mass is 79.9. The van der Waals surface area contributed by atoms with Crippen molar-refractivity contribution in [2.75, 3.05) is 13.2 Å². The highest BCUT2D eigenvalue weighted by Crippen LogP contribution is 2.26. The normalized spacial score (nSPS) is 13.6. The van der Waals surface area contributed by atoms with Crippen molar-refractivity contribution < 1.29 is 5.11 Å². The van der Waals surface area contributed by atoms with Crippen molar-refractivity contribution in [2.45, 2.75) is 39.7 Å². The molecule has 0 saturated carbocycles. The maximum Gasteiger partial charge on any atom is 0.0499 e. The smallest absolute Gasteiger partial charge is 0.0499 e. The van der Waals surface area contributed by atoms with Gasteiger partial charge in [-0.3, -0.25) is 0 Å². The molecule has 0 heterocycles. The van der Waals surface area contributed by atoms with Crippen LogP contribution in [0.2, 0.25) is 0 Å². The van der Waals surface area contributed by atoms with Crippen LogP contribution in [-0.2, 0) is 0 Å². The Kier molecular flexibility index (Phi) is 6.33. The lowest BCUT2D eigenvalue weighted by molar-refractivity contribution is 0.110. The molecule has 0 bridgehead atoms. The van der Waals surface area contributed by atoms with E-state index in [2.05, 4.69) is 66.3 Å². The molecule has 0 aromatic heterocycles. The van der Waals surface area contributed by atoms with Gasteiger partial charge < -0.3 is 10.4 Å². The van der Waals surface area contributed by atoms with Crippen LogP contribution in [0.5, 0.6) is 0 Å². The van der Waals surface area contributed by atoms with Crippen molar-refractivity contribution in [1.82, 2.24) is 5.32 Å². The van der Waals surface area contributed by atoms with Gasteiger partial charge in [-0.2, -0.15) is 0 Å². The molecule has 3 heteroatoms. The van der Waals surface area contributed by atoms with Crippen LogP contribution in [0.15, 0.2) is 28.7 Å². The molecule has 0 aliphatic carbocycles. The molecule has 2 nitrogen and oxygen atoms in total. The number of benzene rings is 1. The molecule has 0 radical (unpaired) electrons. The van der Waals surface area contributed by atoms with Crippen LogP contribution < -0.4 is 5.32 Å². The van der Waals surface area contributed by atoms with Gasteiger partial charge in [-0.15, -0.1) is 0 Å².